The molecule has 3 aromatic carbocycles. The van der Waals surface area contributed by atoms with Crippen LogP contribution < -0.4 is 35.5 Å². The first-order valence-electron chi connectivity index (χ1n) is 15.5. The van der Waals surface area contributed by atoms with Gasteiger partial charge in [-0.1, -0.05) is 12.1 Å². The smallest absolute Gasteiger partial charge is 0.280 e. The lowest BCUT2D eigenvalue weighted by atomic mass is 10.1. The predicted molar refractivity (Wildman–Crippen MR) is 182 cm³/mol. The summed E-state index contributed by atoms with van der Waals surface area (Å²) < 4.78 is 18.1. The highest BCUT2D eigenvalue weighted by molar-refractivity contribution is 5.86. The Labute approximate surface area is 267 Å². The van der Waals surface area contributed by atoms with Gasteiger partial charge in [0.2, 0.25) is 5.95 Å². The molecule has 11 heteroatoms. The minimum Gasteiger partial charge on any atom is -0.497 e. The molecule has 0 spiro atoms. The molecule has 2 aliphatic heterocycles. The lowest BCUT2D eigenvalue weighted by Crippen LogP contribution is -2.36. The Morgan fingerprint density at radius 1 is 0.935 bits per heavy atom. The maximum Gasteiger partial charge on any atom is 0.280 e. The third kappa shape index (κ3) is 5.54. The van der Waals surface area contributed by atoms with E-state index < -0.39 is 0 Å². The zero-order chi connectivity index (χ0) is 31.6. The molecule has 1 fully saturated rings. The van der Waals surface area contributed by atoms with Gasteiger partial charge in [0, 0.05) is 61.6 Å². The number of nitrogens with one attached hydrogen (secondary N) is 2. The number of para-hydroxylation sites is 1. The lowest BCUT2D eigenvalue weighted by Gasteiger charge is -2.33. The summed E-state index contributed by atoms with van der Waals surface area (Å²) in [5.41, 5.74) is 6.84. The first-order chi connectivity index (χ1) is 22.5. The second-order valence-electron chi connectivity index (χ2n) is 11.3. The molecule has 5 aromatic rings. The van der Waals surface area contributed by atoms with Crippen LogP contribution in [0.25, 0.3) is 16.7 Å². The number of hydrogen-bond donors (Lipinski definition) is 2. The predicted octanol–water partition coefficient (Wildman–Crippen LogP) is 5.12. The Bertz CT molecular complexity index is 1940. The fraction of sp³-hybridized carbons (Fsp3) is 0.286. The maximum atomic E-state index is 14.6. The molecular formula is C35H37N7O4. The van der Waals surface area contributed by atoms with Crippen molar-refractivity contribution in [2.75, 3.05) is 74.0 Å². The van der Waals surface area contributed by atoms with E-state index >= 15 is 0 Å². The van der Waals surface area contributed by atoms with Gasteiger partial charge >= 0.3 is 0 Å². The van der Waals surface area contributed by atoms with Gasteiger partial charge in [0.05, 0.1) is 44.5 Å². The van der Waals surface area contributed by atoms with Crippen LogP contribution in [-0.2, 0) is 11.3 Å². The van der Waals surface area contributed by atoms with Crippen molar-refractivity contribution in [1.82, 2.24) is 14.5 Å². The lowest BCUT2D eigenvalue weighted by molar-refractivity contribution is 0.122. The van der Waals surface area contributed by atoms with E-state index in [2.05, 4.69) is 56.6 Å². The summed E-state index contributed by atoms with van der Waals surface area (Å²) in [6.07, 6.45) is 1.77. The molecule has 7 rings (SSSR count). The Hall–Kier alpha value is -5.29. The molecule has 0 saturated carbocycles. The Morgan fingerprint density at radius 2 is 1.74 bits per heavy atom. The van der Waals surface area contributed by atoms with Crippen LogP contribution >= 0.6 is 0 Å². The van der Waals surface area contributed by atoms with Crippen LogP contribution in [0.5, 0.6) is 11.5 Å². The largest absolute Gasteiger partial charge is 0.497 e. The fourth-order valence-corrected chi connectivity index (χ4v) is 6.18. The Kier molecular flexibility index (Phi) is 8.06. The number of fused-ring (bicyclic) bond motifs is 2. The monoisotopic (exact) mass is 619 g/mol. The first kappa shape index (κ1) is 29.4. The van der Waals surface area contributed by atoms with E-state index in [0.717, 1.165) is 58.9 Å². The van der Waals surface area contributed by atoms with Crippen LogP contribution in [0.1, 0.15) is 11.1 Å². The third-order valence-corrected chi connectivity index (χ3v) is 8.61. The molecule has 2 aromatic heterocycles. The van der Waals surface area contributed by atoms with Crippen molar-refractivity contribution in [2.45, 2.75) is 13.5 Å². The number of benzene rings is 3. The fourth-order valence-electron chi connectivity index (χ4n) is 6.18. The molecule has 0 unspecified atom stereocenters. The summed E-state index contributed by atoms with van der Waals surface area (Å²) in [6.45, 7) is 6.94. The van der Waals surface area contributed by atoms with Gasteiger partial charge in [0.1, 0.15) is 17.2 Å². The molecule has 46 heavy (non-hydrogen) atoms. The van der Waals surface area contributed by atoms with Crippen LogP contribution in [0.4, 0.5) is 28.7 Å². The van der Waals surface area contributed by atoms with E-state index in [4.69, 9.17) is 19.2 Å². The van der Waals surface area contributed by atoms with Crippen molar-refractivity contribution in [2.24, 2.45) is 0 Å². The van der Waals surface area contributed by atoms with Gasteiger partial charge in [-0.05, 0) is 61.0 Å². The summed E-state index contributed by atoms with van der Waals surface area (Å²) in [5, 5.41) is 7.58. The number of ether oxygens (including phenoxy) is 3. The van der Waals surface area contributed by atoms with Crippen LogP contribution in [0, 0.1) is 6.92 Å². The number of nitrogens with zero attached hydrogens (tertiary/aromatic N) is 5. The highest BCUT2D eigenvalue weighted by Crippen LogP contribution is 2.36. The van der Waals surface area contributed by atoms with Gasteiger partial charge < -0.3 is 34.6 Å². The van der Waals surface area contributed by atoms with E-state index in [1.54, 1.807) is 25.0 Å². The van der Waals surface area contributed by atoms with Crippen molar-refractivity contribution in [1.29, 1.82) is 0 Å². The summed E-state index contributed by atoms with van der Waals surface area (Å²) in [6, 6.07) is 21.8. The van der Waals surface area contributed by atoms with Crippen molar-refractivity contribution in [3.63, 3.8) is 0 Å². The zero-order valence-corrected chi connectivity index (χ0v) is 26.2. The average molecular weight is 620 g/mol. The second kappa shape index (κ2) is 12.6. The SMILES string of the molecule is COc1ccc(CNc2ncc3cc(N4CCNc5c(C)cccc54)c(=O)n(-c4ccc(N5CCOCC5)cc4)c3n2)c(OC)c1. The van der Waals surface area contributed by atoms with Crippen molar-refractivity contribution >= 4 is 39.7 Å². The quantitative estimate of drug-likeness (QED) is 0.243. The van der Waals surface area contributed by atoms with E-state index in [0.29, 0.717) is 55.1 Å². The Balaban J connectivity index is 1.31. The summed E-state index contributed by atoms with van der Waals surface area (Å²) in [5.74, 6) is 1.81. The zero-order valence-electron chi connectivity index (χ0n) is 26.2. The number of hydrogen-bond acceptors (Lipinski definition) is 10. The molecule has 1 saturated heterocycles. The van der Waals surface area contributed by atoms with E-state index in [1.807, 2.05) is 42.5 Å². The van der Waals surface area contributed by atoms with Crippen LogP contribution in [0.15, 0.2) is 77.7 Å². The van der Waals surface area contributed by atoms with Crippen LogP contribution in [-0.4, -0.2) is 68.1 Å². The summed E-state index contributed by atoms with van der Waals surface area (Å²) >= 11 is 0. The number of aryl methyl sites for hydroxylation is 1. The number of methoxy groups -OCH3 is 2. The van der Waals surface area contributed by atoms with Crippen molar-refractivity contribution in [3.05, 3.63) is 94.4 Å². The van der Waals surface area contributed by atoms with E-state index in [9.17, 15) is 4.79 Å². The normalized spacial score (nSPS) is 14.5. The van der Waals surface area contributed by atoms with Gasteiger partial charge in [-0.3, -0.25) is 9.36 Å². The molecule has 0 atom stereocenters. The van der Waals surface area contributed by atoms with Gasteiger partial charge in [0.25, 0.3) is 5.56 Å². The highest BCUT2D eigenvalue weighted by atomic mass is 16.5. The molecule has 4 heterocycles. The van der Waals surface area contributed by atoms with Crippen molar-refractivity contribution < 1.29 is 14.2 Å². The minimum atomic E-state index is -0.151. The van der Waals surface area contributed by atoms with Crippen LogP contribution in [0.2, 0.25) is 0 Å². The molecule has 0 radical (unpaired) electrons. The average Bonchev–Trinajstić information content (AvgIpc) is 3.11. The Morgan fingerprint density at radius 3 is 2.52 bits per heavy atom. The van der Waals surface area contributed by atoms with Crippen molar-refractivity contribution in [3.8, 4) is 17.2 Å². The molecule has 2 N–H and O–H groups in total. The highest BCUT2D eigenvalue weighted by Gasteiger charge is 2.24. The number of morpholine rings is 1. The maximum absolute atomic E-state index is 14.6. The van der Waals surface area contributed by atoms with Gasteiger partial charge in [0.15, 0.2) is 5.65 Å². The number of anilines is 5. The standard InChI is InChI=1S/C35H37N7O4/c1-23-5-4-6-29-32(23)36-13-14-41(29)30-19-25-22-38-35(37-21-24-7-12-28(44-2)20-31(24)45-3)39-33(25)42(34(30)43)27-10-8-26(9-11-27)40-15-17-46-18-16-40/h4-12,19-20,22,36H,13-18,21H2,1-3H3,(H,37,38,39). The van der Waals surface area contributed by atoms with Gasteiger partial charge in [-0.2, -0.15) is 4.98 Å². The number of aromatic nitrogens is 3. The summed E-state index contributed by atoms with van der Waals surface area (Å²) in [7, 11) is 3.25. The summed E-state index contributed by atoms with van der Waals surface area (Å²) in [4.78, 5) is 28.5. The molecule has 11 nitrogen and oxygen atoms in total. The van der Waals surface area contributed by atoms with Gasteiger partial charge in [-0.25, -0.2) is 4.98 Å². The number of pyridine rings is 1. The van der Waals surface area contributed by atoms with E-state index in [1.165, 1.54) is 0 Å². The molecule has 0 bridgehead atoms. The molecule has 0 amide bonds. The topological polar surface area (TPSA) is 106 Å². The minimum absolute atomic E-state index is 0.151. The van der Waals surface area contributed by atoms with Gasteiger partial charge in [-0.15, -0.1) is 0 Å². The van der Waals surface area contributed by atoms with E-state index in [-0.39, 0.29) is 5.56 Å². The number of rotatable bonds is 8. The molecule has 2 aliphatic rings. The molecular weight excluding hydrogens is 582 g/mol. The molecule has 0 aliphatic carbocycles. The van der Waals surface area contributed by atoms with Crippen LogP contribution in [0.3, 0.4) is 0 Å². The molecule has 236 valence electrons. The third-order valence-electron chi connectivity index (χ3n) is 8.61. The second-order valence-corrected chi connectivity index (χ2v) is 11.3. The first-order valence-corrected chi connectivity index (χ1v) is 15.5.